The fraction of sp³-hybridized carbons (Fsp3) is 0.857. The Morgan fingerprint density at radius 3 is 1.88 bits per heavy atom. The SMILES string of the molecule is CCCC(CCC)C(C)(CC)C(=O)NC(C)=O. The van der Waals surface area contributed by atoms with Gasteiger partial charge in [0.05, 0.1) is 0 Å². The van der Waals surface area contributed by atoms with E-state index < -0.39 is 5.41 Å². The van der Waals surface area contributed by atoms with Crippen molar-refractivity contribution in [2.45, 2.75) is 66.7 Å². The van der Waals surface area contributed by atoms with Gasteiger partial charge < -0.3 is 0 Å². The highest BCUT2D eigenvalue weighted by Crippen LogP contribution is 2.37. The molecule has 3 nitrogen and oxygen atoms in total. The molecule has 100 valence electrons. The van der Waals surface area contributed by atoms with Crippen molar-refractivity contribution in [1.82, 2.24) is 5.32 Å². The van der Waals surface area contributed by atoms with Crippen LogP contribution in [0.15, 0.2) is 0 Å². The van der Waals surface area contributed by atoms with Gasteiger partial charge in [0.2, 0.25) is 11.8 Å². The molecule has 0 radical (unpaired) electrons. The molecule has 0 spiro atoms. The number of carbonyl (C=O) groups excluding carboxylic acids is 2. The van der Waals surface area contributed by atoms with Crippen LogP contribution in [0.2, 0.25) is 0 Å². The number of amides is 2. The van der Waals surface area contributed by atoms with Crippen molar-refractivity contribution in [2.24, 2.45) is 11.3 Å². The first-order valence-corrected chi connectivity index (χ1v) is 6.74. The van der Waals surface area contributed by atoms with E-state index >= 15 is 0 Å². The van der Waals surface area contributed by atoms with Crippen LogP contribution in [-0.2, 0) is 9.59 Å². The van der Waals surface area contributed by atoms with E-state index in [1.54, 1.807) is 0 Å². The Labute approximate surface area is 105 Å². The third-order valence-corrected chi connectivity index (χ3v) is 3.72. The zero-order chi connectivity index (χ0) is 13.5. The maximum absolute atomic E-state index is 12.2. The van der Waals surface area contributed by atoms with E-state index in [2.05, 4.69) is 19.2 Å². The first kappa shape index (κ1) is 16.1. The molecule has 0 fully saturated rings. The molecular formula is C14H27NO2. The highest BCUT2D eigenvalue weighted by atomic mass is 16.2. The van der Waals surface area contributed by atoms with Crippen molar-refractivity contribution < 1.29 is 9.59 Å². The minimum Gasteiger partial charge on any atom is -0.296 e. The number of hydrogen-bond donors (Lipinski definition) is 1. The summed E-state index contributed by atoms with van der Waals surface area (Å²) in [6.07, 6.45) is 5.02. The molecule has 3 heteroatoms. The molecule has 0 saturated carbocycles. The Morgan fingerprint density at radius 1 is 1.12 bits per heavy atom. The minimum absolute atomic E-state index is 0.112. The average Bonchev–Trinajstić information content (AvgIpc) is 2.26. The summed E-state index contributed by atoms with van der Waals surface area (Å²) >= 11 is 0. The quantitative estimate of drug-likeness (QED) is 0.743. The molecule has 2 amide bonds. The van der Waals surface area contributed by atoms with Gasteiger partial charge in [-0.3, -0.25) is 14.9 Å². The summed E-state index contributed by atoms with van der Waals surface area (Å²) in [4.78, 5) is 23.2. The van der Waals surface area contributed by atoms with Crippen LogP contribution in [0, 0.1) is 11.3 Å². The second-order valence-electron chi connectivity index (χ2n) is 5.06. The Bertz CT molecular complexity index is 257. The summed E-state index contributed by atoms with van der Waals surface area (Å²) in [5, 5.41) is 2.45. The van der Waals surface area contributed by atoms with Gasteiger partial charge in [0.25, 0.3) is 0 Å². The summed E-state index contributed by atoms with van der Waals surface area (Å²) in [5.41, 5.74) is -0.419. The molecule has 0 saturated heterocycles. The van der Waals surface area contributed by atoms with E-state index in [4.69, 9.17) is 0 Å². The molecule has 0 aliphatic carbocycles. The number of carbonyl (C=O) groups is 2. The van der Waals surface area contributed by atoms with Gasteiger partial charge in [0.15, 0.2) is 0 Å². The van der Waals surface area contributed by atoms with Gasteiger partial charge in [-0.15, -0.1) is 0 Å². The third kappa shape index (κ3) is 4.49. The van der Waals surface area contributed by atoms with Gasteiger partial charge in [-0.1, -0.05) is 40.5 Å². The largest absolute Gasteiger partial charge is 0.296 e. The molecule has 0 aliphatic heterocycles. The summed E-state index contributed by atoms with van der Waals surface area (Å²) < 4.78 is 0. The summed E-state index contributed by atoms with van der Waals surface area (Å²) in [7, 11) is 0. The molecule has 0 heterocycles. The van der Waals surface area contributed by atoms with E-state index in [-0.39, 0.29) is 11.8 Å². The van der Waals surface area contributed by atoms with Crippen molar-refractivity contribution in [3.63, 3.8) is 0 Å². The maximum atomic E-state index is 12.2. The predicted octanol–water partition coefficient (Wildman–Crippen LogP) is 3.28. The standard InChI is InChI=1S/C14H27NO2/c1-6-9-12(10-7-2)14(5,8-3)13(17)15-11(4)16/h12H,6-10H2,1-5H3,(H,15,16,17). The molecule has 17 heavy (non-hydrogen) atoms. The van der Waals surface area contributed by atoms with Crippen LogP contribution in [0.1, 0.15) is 66.7 Å². The summed E-state index contributed by atoms with van der Waals surface area (Å²) in [6, 6.07) is 0. The van der Waals surface area contributed by atoms with Crippen LogP contribution in [0.3, 0.4) is 0 Å². The van der Waals surface area contributed by atoms with Crippen LogP contribution < -0.4 is 5.32 Å². The Morgan fingerprint density at radius 2 is 1.59 bits per heavy atom. The Hall–Kier alpha value is -0.860. The van der Waals surface area contributed by atoms with E-state index in [0.717, 1.165) is 32.1 Å². The lowest BCUT2D eigenvalue weighted by atomic mass is 9.70. The molecule has 1 N–H and O–H groups in total. The Kier molecular flexibility index (Phi) is 7.09. The molecule has 0 bridgehead atoms. The molecule has 1 atom stereocenters. The van der Waals surface area contributed by atoms with Gasteiger partial charge in [0.1, 0.15) is 0 Å². The average molecular weight is 241 g/mol. The van der Waals surface area contributed by atoms with Gasteiger partial charge in [-0.2, -0.15) is 0 Å². The summed E-state index contributed by atoms with van der Waals surface area (Å²) in [5.74, 6) is -0.0114. The fourth-order valence-corrected chi connectivity index (χ4v) is 2.42. The second-order valence-corrected chi connectivity index (χ2v) is 5.06. The third-order valence-electron chi connectivity index (χ3n) is 3.72. The normalized spacial score (nSPS) is 14.5. The highest BCUT2D eigenvalue weighted by molar-refractivity contribution is 5.97. The van der Waals surface area contributed by atoms with Gasteiger partial charge in [-0.25, -0.2) is 0 Å². The zero-order valence-corrected chi connectivity index (χ0v) is 11.9. The molecule has 0 aromatic carbocycles. The van der Waals surface area contributed by atoms with E-state index in [9.17, 15) is 9.59 Å². The van der Waals surface area contributed by atoms with Crippen LogP contribution in [-0.4, -0.2) is 11.8 Å². The zero-order valence-electron chi connectivity index (χ0n) is 11.9. The van der Waals surface area contributed by atoms with Crippen molar-refractivity contribution in [2.75, 3.05) is 0 Å². The van der Waals surface area contributed by atoms with E-state index in [0.29, 0.717) is 5.92 Å². The topological polar surface area (TPSA) is 46.2 Å². The lowest BCUT2D eigenvalue weighted by Gasteiger charge is -2.35. The minimum atomic E-state index is -0.419. The highest BCUT2D eigenvalue weighted by Gasteiger charge is 2.38. The first-order valence-electron chi connectivity index (χ1n) is 6.74. The van der Waals surface area contributed by atoms with Crippen molar-refractivity contribution in [3.05, 3.63) is 0 Å². The van der Waals surface area contributed by atoms with Crippen molar-refractivity contribution in [1.29, 1.82) is 0 Å². The monoisotopic (exact) mass is 241 g/mol. The number of imide groups is 1. The molecule has 0 aromatic heterocycles. The Balaban J connectivity index is 4.91. The smallest absolute Gasteiger partial charge is 0.232 e. The first-order chi connectivity index (χ1) is 7.92. The fourth-order valence-electron chi connectivity index (χ4n) is 2.42. The van der Waals surface area contributed by atoms with Gasteiger partial charge in [-0.05, 0) is 25.2 Å². The van der Waals surface area contributed by atoms with Crippen molar-refractivity contribution in [3.8, 4) is 0 Å². The number of rotatable bonds is 7. The van der Waals surface area contributed by atoms with Crippen molar-refractivity contribution >= 4 is 11.8 Å². The molecule has 0 aromatic rings. The molecular weight excluding hydrogens is 214 g/mol. The molecule has 0 rings (SSSR count). The van der Waals surface area contributed by atoms with Crippen LogP contribution in [0.4, 0.5) is 0 Å². The van der Waals surface area contributed by atoms with Crippen LogP contribution in [0.25, 0.3) is 0 Å². The van der Waals surface area contributed by atoms with E-state index in [1.165, 1.54) is 6.92 Å². The lowest BCUT2D eigenvalue weighted by Crippen LogP contribution is -2.45. The van der Waals surface area contributed by atoms with E-state index in [1.807, 2.05) is 13.8 Å². The molecule has 0 aliphatic rings. The second kappa shape index (κ2) is 7.46. The lowest BCUT2D eigenvalue weighted by molar-refractivity contribution is -0.138. The summed E-state index contributed by atoms with van der Waals surface area (Å²) in [6.45, 7) is 9.69. The van der Waals surface area contributed by atoms with Gasteiger partial charge >= 0.3 is 0 Å². The molecule has 1 unspecified atom stereocenters. The number of nitrogens with one attached hydrogen (secondary N) is 1. The maximum Gasteiger partial charge on any atom is 0.232 e. The van der Waals surface area contributed by atoms with Crippen LogP contribution >= 0.6 is 0 Å². The number of hydrogen-bond acceptors (Lipinski definition) is 2. The van der Waals surface area contributed by atoms with Crippen LogP contribution in [0.5, 0.6) is 0 Å². The van der Waals surface area contributed by atoms with Gasteiger partial charge in [0, 0.05) is 12.3 Å². The predicted molar refractivity (Wildman–Crippen MR) is 70.5 cm³/mol.